The summed E-state index contributed by atoms with van der Waals surface area (Å²) in [5, 5.41) is 7.44. The molecule has 31 heavy (non-hydrogen) atoms. The highest BCUT2D eigenvalue weighted by molar-refractivity contribution is 6.03. The Labute approximate surface area is 183 Å². The number of carbonyl (C=O) groups excluding carboxylic acids is 2. The van der Waals surface area contributed by atoms with Crippen LogP contribution in [0.2, 0.25) is 0 Å². The highest BCUT2D eigenvalue weighted by atomic mass is 16.5. The molecule has 2 heterocycles. The average molecular weight is 425 g/mol. The van der Waals surface area contributed by atoms with Gasteiger partial charge in [-0.15, -0.1) is 0 Å². The lowest BCUT2D eigenvalue weighted by Crippen LogP contribution is -2.45. The van der Waals surface area contributed by atoms with Crippen LogP contribution >= 0.6 is 0 Å². The lowest BCUT2D eigenvalue weighted by atomic mass is 9.96. The molecule has 1 aliphatic heterocycles. The van der Waals surface area contributed by atoms with Gasteiger partial charge in [-0.2, -0.15) is 5.10 Å². The van der Waals surface area contributed by atoms with E-state index in [2.05, 4.69) is 10.4 Å². The lowest BCUT2D eigenvalue weighted by Gasteiger charge is -2.28. The van der Waals surface area contributed by atoms with Crippen LogP contribution in [0, 0.1) is 5.92 Å². The number of hydrogen-bond donors (Lipinski definition) is 1. The van der Waals surface area contributed by atoms with Crippen molar-refractivity contribution in [3.05, 3.63) is 47.7 Å². The van der Waals surface area contributed by atoms with Crippen LogP contribution in [0.15, 0.2) is 36.5 Å². The van der Waals surface area contributed by atoms with E-state index in [1.165, 1.54) is 12.8 Å². The minimum atomic E-state index is -0.497. The number of ether oxygens (including phenoxy) is 1. The summed E-state index contributed by atoms with van der Waals surface area (Å²) in [5.74, 6) is 0.759. The number of amides is 2. The summed E-state index contributed by atoms with van der Waals surface area (Å²) in [6, 6.07) is 8.93. The Morgan fingerprint density at radius 1 is 1.26 bits per heavy atom. The van der Waals surface area contributed by atoms with Gasteiger partial charge >= 0.3 is 0 Å². The zero-order chi connectivity index (χ0) is 22.0. The molecule has 0 saturated heterocycles. The number of rotatable bonds is 8. The molecule has 2 amide bonds. The fourth-order valence-electron chi connectivity index (χ4n) is 4.65. The van der Waals surface area contributed by atoms with Crippen LogP contribution in [-0.4, -0.2) is 45.2 Å². The van der Waals surface area contributed by atoms with Gasteiger partial charge in [-0.1, -0.05) is 43.9 Å². The van der Waals surface area contributed by atoms with Gasteiger partial charge in [-0.05, 0) is 37.8 Å². The predicted molar refractivity (Wildman–Crippen MR) is 119 cm³/mol. The first-order valence-corrected chi connectivity index (χ1v) is 11.1. The smallest absolute Gasteiger partial charge is 0.255 e. The van der Waals surface area contributed by atoms with Crippen LogP contribution in [0.25, 0.3) is 0 Å². The molecule has 0 bridgehead atoms. The SMILES string of the molecule is COC(C)(C)Cn1ccc(NC(=O)[C@H](CC2CCCC2)N2Cc3ccccc3C2=O)n1. The molecular weight excluding hydrogens is 392 g/mol. The second kappa shape index (κ2) is 8.83. The summed E-state index contributed by atoms with van der Waals surface area (Å²) < 4.78 is 7.23. The van der Waals surface area contributed by atoms with Crippen LogP contribution in [-0.2, 0) is 22.6 Å². The molecule has 0 spiro atoms. The van der Waals surface area contributed by atoms with Crippen molar-refractivity contribution in [2.75, 3.05) is 12.4 Å². The lowest BCUT2D eigenvalue weighted by molar-refractivity contribution is -0.121. The summed E-state index contributed by atoms with van der Waals surface area (Å²) in [6.45, 7) is 5.03. The van der Waals surface area contributed by atoms with Gasteiger partial charge in [-0.3, -0.25) is 14.3 Å². The third kappa shape index (κ3) is 4.82. The number of anilines is 1. The van der Waals surface area contributed by atoms with Crippen molar-refractivity contribution in [2.24, 2.45) is 5.92 Å². The predicted octanol–water partition coefficient (Wildman–Crippen LogP) is 3.85. The van der Waals surface area contributed by atoms with E-state index in [1.54, 1.807) is 22.8 Å². The van der Waals surface area contributed by atoms with Crippen LogP contribution in [0.5, 0.6) is 0 Å². The molecule has 1 N–H and O–H groups in total. The van der Waals surface area contributed by atoms with Gasteiger partial charge < -0.3 is 15.0 Å². The van der Waals surface area contributed by atoms with E-state index in [-0.39, 0.29) is 17.4 Å². The van der Waals surface area contributed by atoms with Crippen LogP contribution in [0.1, 0.15) is 61.9 Å². The van der Waals surface area contributed by atoms with Crippen molar-refractivity contribution in [3.63, 3.8) is 0 Å². The Morgan fingerprint density at radius 3 is 2.71 bits per heavy atom. The second-order valence-corrected chi connectivity index (χ2v) is 9.34. The highest BCUT2D eigenvalue weighted by Crippen LogP contribution is 2.33. The molecule has 0 radical (unpaired) electrons. The highest BCUT2D eigenvalue weighted by Gasteiger charge is 2.38. The monoisotopic (exact) mass is 424 g/mol. The third-order valence-electron chi connectivity index (χ3n) is 6.55. The van der Waals surface area contributed by atoms with Crippen LogP contribution in [0.4, 0.5) is 5.82 Å². The van der Waals surface area contributed by atoms with Crippen molar-refractivity contribution < 1.29 is 14.3 Å². The molecule has 1 aliphatic carbocycles. The maximum Gasteiger partial charge on any atom is 0.255 e. The Balaban J connectivity index is 1.50. The number of nitrogens with one attached hydrogen (secondary N) is 1. The van der Waals surface area contributed by atoms with E-state index in [4.69, 9.17) is 4.74 Å². The summed E-state index contributed by atoms with van der Waals surface area (Å²) in [4.78, 5) is 28.2. The number of carbonyl (C=O) groups is 2. The van der Waals surface area contributed by atoms with E-state index in [9.17, 15) is 9.59 Å². The standard InChI is InChI=1S/C24H32N4O3/c1-24(2,31-3)16-27-13-12-21(26-27)25-22(29)20(14-17-8-4-5-9-17)28-15-18-10-6-7-11-19(18)23(28)30/h6-7,10-13,17,20H,4-5,8-9,14-16H2,1-3H3,(H,25,26,29)/t20-/m0/s1. The van der Waals surface area contributed by atoms with Crippen LogP contribution < -0.4 is 5.32 Å². The molecule has 1 saturated carbocycles. The summed E-state index contributed by atoms with van der Waals surface area (Å²) in [5.41, 5.74) is 1.34. The maximum absolute atomic E-state index is 13.4. The minimum absolute atomic E-state index is 0.0545. The number of aromatic nitrogens is 2. The molecule has 2 aliphatic rings. The quantitative estimate of drug-likeness (QED) is 0.698. The maximum atomic E-state index is 13.4. The van der Waals surface area contributed by atoms with Crippen molar-refractivity contribution in [1.82, 2.24) is 14.7 Å². The molecular formula is C24H32N4O3. The molecule has 1 atom stereocenters. The molecule has 7 nitrogen and oxygen atoms in total. The molecule has 4 rings (SSSR count). The Kier molecular flexibility index (Phi) is 6.14. The number of fused-ring (bicyclic) bond motifs is 1. The fraction of sp³-hybridized carbons (Fsp3) is 0.542. The first kappa shape index (κ1) is 21.6. The van der Waals surface area contributed by atoms with Gasteiger partial charge in [0.2, 0.25) is 5.91 Å². The molecule has 1 aromatic carbocycles. The molecule has 7 heteroatoms. The van der Waals surface area contributed by atoms with Gasteiger partial charge in [0.25, 0.3) is 5.91 Å². The van der Waals surface area contributed by atoms with E-state index in [0.717, 1.165) is 18.4 Å². The van der Waals surface area contributed by atoms with E-state index < -0.39 is 6.04 Å². The van der Waals surface area contributed by atoms with E-state index in [1.807, 2.05) is 44.3 Å². The van der Waals surface area contributed by atoms with Gasteiger partial charge in [0.05, 0.1) is 12.1 Å². The minimum Gasteiger partial charge on any atom is -0.377 e. The largest absolute Gasteiger partial charge is 0.377 e. The van der Waals surface area contributed by atoms with Crippen molar-refractivity contribution >= 4 is 17.6 Å². The van der Waals surface area contributed by atoms with Crippen molar-refractivity contribution in [2.45, 2.75) is 70.7 Å². The first-order chi connectivity index (χ1) is 14.9. The molecule has 0 unspecified atom stereocenters. The Bertz CT molecular complexity index is 946. The van der Waals surface area contributed by atoms with Gasteiger partial charge in [-0.25, -0.2) is 0 Å². The number of benzene rings is 1. The summed E-state index contributed by atoms with van der Waals surface area (Å²) in [7, 11) is 1.67. The third-order valence-corrected chi connectivity index (χ3v) is 6.55. The molecule has 1 fully saturated rings. The first-order valence-electron chi connectivity index (χ1n) is 11.1. The van der Waals surface area contributed by atoms with Crippen LogP contribution in [0.3, 0.4) is 0 Å². The number of nitrogens with zero attached hydrogens (tertiary/aromatic N) is 3. The van der Waals surface area contributed by atoms with Crippen molar-refractivity contribution in [1.29, 1.82) is 0 Å². The normalized spacial score (nSPS) is 17.8. The average Bonchev–Trinajstić information content (AvgIpc) is 3.48. The van der Waals surface area contributed by atoms with Gasteiger partial charge in [0.15, 0.2) is 5.82 Å². The zero-order valence-corrected chi connectivity index (χ0v) is 18.6. The fourth-order valence-corrected chi connectivity index (χ4v) is 4.65. The molecule has 166 valence electrons. The summed E-state index contributed by atoms with van der Waals surface area (Å²) in [6.07, 6.45) is 7.18. The number of hydrogen-bond acceptors (Lipinski definition) is 4. The van der Waals surface area contributed by atoms with E-state index >= 15 is 0 Å². The second-order valence-electron chi connectivity index (χ2n) is 9.34. The van der Waals surface area contributed by atoms with Crippen molar-refractivity contribution in [3.8, 4) is 0 Å². The Morgan fingerprint density at radius 2 is 2.00 bits per heavy atom. The van der Waals surface area contributed by atoms with E-state index in [0.29, 0.717) is 36.8 Å². The number of methoxy groups -OCH3 is 1. The zero-order valence-electron chi connectivity index (χ0n) is 18.6. The summed E-state index contributed by atoms with van der Waals surface area (Å²) >= 11 is 0. The molecule has 1 aromatic heterocycles. The topological polar surface area (TPSA) is 76.5 Å². The van der Waals surface area contributed by atoms with Gasteiger partial charge in [0, 0.05) is 31.5 Å². The Hall–Kier alpha value is -2.67. The molecule has 2 aromatic rings. The van der Waals surface area contributed by atoms with Gasteiger partial charge in [0.1, 0.15) is 6.04 Å².